The fourth-order valence-corrected chi connectivity index (χ4v) is 2.90. The number of hydrogen-bond donors (Lipinski definition) is 1. The van der Waals surface area contributed by atoms with Crippen LogP contribution in [-0.4, -0.2) is 47.2 Å². The predicted octanol–water partition coefficient (Wildman–Crippen LogP) is 1.27. The molecular weight excluding hydrogens is 234 g/mol. The molecule has 1 heterocycles. The summed E-state index contributed by atoms with van der Waals surface area (Å²) >= 11 is 0. The van der Waals surface area contributed by atoms with Crippen molar-refractivity contribution in [2.45, 2.75) is 51.2 Å². The third-order valence-electron chi connectivity index (χ3n) is 3.92. The Bertz CT molecular complexity index is 325. The van der Waals surface area contributed by atoms with Crippen LogP contribution in [0.15, 0.2) is 0 Å². The van der Waals surface area contributed by atoms with E-state index >= 15 is 0 Å². The van der Waals surface area contributed by atoms with Crippen molar-refractivity contribution in [2.24, 2.45) is 5.92 Å². The van der Waals surface area contributed by atoms with Crippen molar-refractivity contribution in [1.29, 1.82) is 0 Å². The van der Waals surface area contributed by atoms with E-state index < -0.39 is 12.0 Å². The van der Waals surface area contributed by atoms with Crippen LogP contribution >= 0.6 is 0 Å². The van der Waals surface area contributed by atoms with Gasteiger partial charge in [-0.15, -0.1) is 0 Å². The van der Waals surface area contributed by atoms with E-state index in [9.17, 15) is 9.59 Å². The SMILES string of the molecule is CCOC1CC(CC(=O)N2CCCC2C(=O)O)C1. The molecule has 2 rings (SSSR count). The van der Waals surface area contributed by atoms with Crippen LogP contribution < -0.4 is 0 Å². The summed E-state index contributed by atoms with van der Waals surface area (Å²) in [6, 6.07) is -0.597. The Kier molecular flexibility index (Phi) is 4.22. The first-order chi connectivity index (χ1) is 8.61. The van der Waals surface area contributed by atoms with Crippen LogP contribution in [0.25, 0.3) is 0 Å². The third-order valence-corrected chi connectivity index (χ3v) is 3.92. The highest BCUT2D eigenvalue weighted by Gasteiger charge is 2.37. The van der Waals surface area contributed by atoms with Crippen LogP contribution in [0.1, 0.15) is 39.0 Å². The number of carbonyl (C=O) groups excluding carboxylic acids is 1. The second kappa shape index (κ2) is 5.69. The van der Waals surface area contributed by atoms with Crippen molar-refractivity contribution in [3.63, 3.8) is 0 Å². The van der Waals surface area contributed by atoms with E-state index in [4.69, 9.17) is 9.84 Å². The van der Waals surface area contributed by atoms with E-state index in [-0.39, 0.29) is 5.91 Å². The number of likely N-dealkylation sites (tertiary alicyclic amines) is 1. The minimum Gasteiger partial charge on any atom is -0.480 e. The van der Waals surface area contributed by atoms with Crippen LogP contribution in [0.3, 0.4) is 0 Å². The molecule has 1 aliphatic carbocycles. The summed E-state index contributed by atoms with van der Waals surface area (Å²) in [5.74, 6) is -0.495. The minimum absolute atomic E-state index is 0.000140. The zero-order valence-corrected chi connectivity index (χ0v) is 10.8. The molecular formula is C13H21NO4. The molecule has 2 aliphatic rings. The van der Waals surface area contributed by atoms with Gasteiger partial charge in [0.25, 0.3) is 0 Å². The van der Waals surface area contributed by atoms with E-state index in [0.717, 1.165) is 25.9 Å². The maximum atomic E-state index is 12.0. The van der Waals surface area contributed by atoms with Gasteiger partial charge in [-0.05, 0) is 38.5 Å². The summed E-state index contributed by atoms with van der Waals surface area (Å²) in [6.07, 6.45) is 4.05. The van der Waals surface area contributed by atoms with E-state index in [0.29, 0.717) is 31.4 Å². The molecule has 1 saturated heterocycles. The number of aliphatic carboxylic acids is 1. The lowest BCUT2D eigenvalue weighted by Gasteiger charge is -2.35. The smallest absolute Gasteiger partial charge is 0.326 e. The predicted molar refractivity (Wildman–Crippen MR) is 65.1 cm³/mol. The van der Waals surface area contributed by atoms with Crippen molar-refractivity contribution in [2.75, 3.05) is 13.2 Å². The molecule has 0 aromatic rings. The molecule has 0 bridgehead atoms. The third kappa shape index (κ3) is 2.83. The Balaban J connectivity index is 1.77. The zero-order valence-electron chi connectivity index (χ0n) is 10.8. The maximum absolute atomic E-state index is 12.0. The average molecular weight is 255 g/mol. The lowest BCUT2D eigenvalue weighted by atomic mass is 9.79. The van der Waals surface area contributed by atoms with E-state index in [1.165, 1.54) is 4.90 Å². The van der Waals surface area contributed by atoms with Crippen LogP contribution in [0, 0.1) is 5.92 Å². The molecule has 0 aromatic carbocycles. The first-order valence-corrected chi connectivity index (χ1v) is 6.75. The zero-order chi connectivity index (χ0) is 13.1. The monoisotopic (exact) mass is 255 g/mol. The Morgan fingerprint density at radius 1 is 1.39 bits per heavy atom. The minimum atomic E-state index is -0.873. The highest BCUT2D eigenvalue weighted by molar-refractivity contribution is 5.84. The number of carboxylic acids is 1. The summed E-state index contributed by atoms with van der Waals surface area (Å²) in [5.41, 5.74) is 0. The summed E-state index contributed by atoms with van der Waals surface area (Å²) in [5, 5.41) is 9.04. The molecule has 1 unspecified atom stereocenters. The topological polar surface area (TPSA) is 66.8 Å². The van der Waals surface area contributed by atoms with E-state index in [1.807, 2.05) is 6.92 Å². The summed E-state index contributed by atoms with van der Waals surface area (Å²) in [6.45, 7) is 3.29. The fourth-order valence-electron chi connectivity index (χ4n) is 2.90. The van der Waals surface area contributed by atoms with Gasteiger partial charge in [0.15, 0.2) is 0 Å². The normalized spacial score (nSPS) is 31.2. The van der Waals surface area contributed by atoms with Crippen LogP contribution in [0.5, 0.6) is 0 Å². The van der Waals surface area contributed by atoms with Crippen LogP contribution in [0.2, 0.25) is 0 Å². The van der Waals surface area contributed by atoms with Gasteiger partial charge in [-0.3, -0.25) is 4.79 Å². The standard InChI is InChI=1S/C13H21NO4/c1-2-18-10-6-9(7-10)8-12(15)14-5-3-4-11(14)13(16)17/h9-11H,2-8H2,1H3,(H,16,17). The van der Waals surface area contributed by atoms with Gasteiger partial charge in [-0.2, -0.15) is 0 Å². The quantitative estimate of drug-likeness (QED) is 0.803. The Morgan fingerprint density at radius 3 is 2.72 bits per heavy atom. The number of ether oxygens (including phenoxy) is 1. The molecule has 5 nitrogen and oxygen atoms in total. The van der Waals surface area contributed by atoms with E-state index in [1.54, 1.807) is 0 Å². The lowest BCUT2D eigenvalue weighted by Crippen LogP contribution is -2.43. The summed E-state index contributed by atoms with van der Waals surface area (Å²) in [4.78, 5) is 24.6. The number of carbonyl (C=O) groups is 2. The van der Waals surface area contributed by atoms with Gasteiger partial charge in [0, 0.05) is 19.6 Å². The molecule has 0 radical (unpaired) electrons. The lowest BCUT2D eigenvalue weighted by molar-refractivity contribution is -0.149. The van der Waals surface area contributed by atoms with Gasteiger partial charge in [0.2, 0.25) is 5.91 Å². The van der Waals surface area contributed by atoms with Crippen molar-refractivity contribution in [1.82, 2.24) is 4.90 Å². The second-order valence-corrected chi connectivity index (χ2v) is 5.20. The molecule has 5 heteroatoms. The Morgan fingerprint density at radius 2 is 2.11 bits per heavy atom. The molecule has 1 saturated carbocycles. The van der Waals surface area contributed by atoms with E-state index in [2.05, 4.69) is 0 Å². The number of carboxylic acid groups (broad SMARTS) is 1. The van der Waals surface area contributed by atoms with Gasteiger partial charge < -0.3 is 14.7 Å². The van der Waals surface area contributed by atoms with Gasteiger partial charge in [-0.25, -0.2) is 4.79 Å². The highest BCUT2D eigenvalue weighted by Crippen LogP contribution is 2.34. The van der Waals surface area contributed by atoms with Gasteiger partial charge >= 0.3 is 5.97 Å². The van der Waals surface area contributed by atoms with Crippen molar-refractivity contribution in [3.8, 4) is 0 Å². The summed E-state index contributed by atoms with van der Waals surface area (Å²) in [7, 11) is 0. The largest absolute Gasteiger partial charge is 0.480 e. The first-order valence-electron chi connectivity index (χ1n) is 6.75. The first kappa shape index (κ1) is 13.3. The molecule has 18 heavy (non-hydrogen) atoms. The molecule has 0 aromatic heterocycles. The van der Waals surface area contributed by atoms with Crippen LogP contribution in [0.4, 0.5) is 0 Å². The molecule has 1 amide bonds. The molecule has 1 aliphatic heterocycles. The van der Waals surface area contributed by atoms with Crippen molar-refractivity contribution >= 4 is 11.9 Å². The van der Waals surface area contributed by atoms with Gasteiger partial charge in [0.1, 0.15) is 6.04 Å². The Hall–Kier alpha value is -1.10. The molecule has 2 fully saturated rings. The van der Waals surface area contributed by atoms with Gasteiger partial charge in [0.05, 0.1) is 6.10 Å². The number of rotatable bonds is 5. The molecule has 1 N–H and O–H groups in total. The van der Waals surface area contributed by atoms with Crippen LogP contribution in [-0.2, 0) is 14.3 Å². The molecule has 1 atom stereocenters. The highest BCUT2D eigenvalue weighted by atomic mass is 16.5. The Labute approximate surface area is 107 Å². The number of nitrogens with zero attached hydrogens (tertiary/aromatic N) is 1. The second-order valence-electron chi connectivity index (χ2n) is 5.20. The van der Waals surface area contributed by atoms with Gasteiger partial charge in [-0.1, -0.05) is 0 Å². The fraction of sp³-hybridized carbons (Fsp3) is 0.846. The summed E-state index contributed by atoms with van der Waals surface area (Å²) < 4.78 is 5.46. The average Bonchev–Trinajstić information content (AvgIpc) is 2.75. The molecule has 102 valence electrons. The van der Waals surface area contributed by atoms with Crippen molar-refractivity contribution < 1.29 is 19.4 Å². The van der Waals surface area contributed by atoms with Crippen molar-refractivity contribution in [3.05, 3.63) is 0 Å². The molecule has 0 spiro atoms. The number of hydrogen-bond acceptors (Lipinski definition) is 3. The number of amides is 1. The maximum Gasteiger partial charge on any atom is 0.326 e.